The summed E-state index contributed by atoms with van der Waals surface area (Å²) < 4.78 is 0. The molecule has 0 heteroatoms. The Kier molecular flexibility index (Phi) is 8.56. The first-order valence-corrected chi connectivity index (χ1v) is 7.65. The second-order valence-electron chi connectivity index (χ2n) is 5.22. The zero-order valence-electron chi connectivity index (χ0n) is 13.0. The quantitative estimate of drug-likeness (QED) is 0.329. The van der Waals surface area contributed by atoms with Crippen molar-refractivity contribution in [2.75, 3.05) is 0 Å². The van der Waals surface area contributed by atoms with E-state index in [2.05, 4.69) is 48.8 Å². The van der Waals surface area contributed by atoms with Gasteiger partial charge in [-0.15, -0.1) is 30.4 Å². The first-order valence-electron chi connectivity index (χ1n) is 7.65. The molecule has 0 saturated heterocycles. The summed E-state index contributed by atoms with van der Waals surface area (Å²) in [7, 11) is 0. The number of terminal acetylenes is 2. The molecular formula is C21H24. The minimum atomic E-state index is 0.819. The minimum absolute atomic E-state index is 0.819. The third-order valence-electron chi connectivity index (χ3n) is 3.36. The van der Waals surface area contributed by atoms with Crippen molar-refractivity contribution >= 4 is 5.57 Å². The Bertz CT molecular complexity index is 554. The van der Waals surface area contributed by atoms with Crippen molar-refractivity contribution in [2.24, 2.45) is 0 Å². The van der Waals surface area contributed by atoms with Gasteiger partial charge in [-0.2, -0.15) is 0 Å². The van der Waals surface area contributed by atoms with Crippen LogP contribution in [0.15, 0.2) is 41.6 Å². The van der Waals surface area contributed by atoms with Crippen molar-refractivity contribution < 1.29 is 0 Å². The predicted molar refractivity (Wildman–Crippen MR) is 92.5 cm³/mol. The van der Waals surface area contributed by atoms with Crippen molar-refractivity contribution in [3.63, 3.8) is 0 Å². The number of allylic oxidation sites excluding steroid dienone is 1. The first kappa shape index (κ1) is 16.9. The molecule has 0 spiro atoms. The molecular weight excluding hydrogens is 252 g/mol. The van der Waals surface area contributed by atoms with Crippen LogP contribution in [0.2, 0.25) is 0 Å². The van der Waals surface area contributed by atoms with E-state index in [0.29, 0.717) is 0 Å². The number of benzene rings is 1. The summed E-state index contributed by atoms with van der Waals surface area (Å²) in [5, 5.41) is 0. The average molecular weight is 276 g/mol. The van der Waals surface area contributed by atoms with Crippen LogP contribution in [0.25, 0.3) is 5.57 Å². The fraction of sp³-hybridized carbons (Fsp3) is 0.381. The van der Waals surface area contributed by atoms with Crippen LogP contribution >= 0.6 is 0 Å². The largest absolute Gasteiger partial charge is 0.120 e. The minimum Gasteiger partial charge on any atom is -0.120 e. The smallest absolute Gasteiger partial charge is 0.00894 e. The fourth-order valence-electron chi connectivity index (χ4n) is 2.22. The lowest BCUT2D eigenvalue weighted by atomic mass is 9.99. The van der Waals surface area contributed by atoms with Crippen LogP contribution in [0.4, 0.5) is 0 Å². The Morgan fingerprint density at radius 2 is 1.57 bits per heavy atom. The van der Waals surface area contributed by atoms with Crippen molar-refractivity contribution in [3.8, 4) is 24.7 Å². The van der Waals surface area contributed by atoms with Gasteiger partial charge in [0.25, 0.3) is 0 Å². The molecule has 0 heterocycles. The van der Waals surface area contributed by atoms with E-state index in [1.54, 1.807) is 0 Å². The van der Waals surface area contributed by atoms with Crippen LogP contribution in [0, 0.1) is 24.7 Å². The lowest BCUT2D eigenvalue weighted by Gasteiger charge is -2.05. The van der Waals surface area contributed by atoms with E-state index in [-0.39, 0.29) is 0 Å². The van der Waals surface area contributed by atoms with E-state index < -0.39 is 0 Å². The molecule has 0 radical (unpaired) electrons. The van der Waals surface area contributed by atoms with Gasteiger partial charge in [0.2, 0.25) is 0 Å². The molecule has 0 amide bonds. The monoisotopic (exact) mass is 276 g/mol. The van der Waals surface area contributed by atoms with E-state index in [0.717, 1.165) is 44.9 Å². The van der Waals surface area contributed by atoms with Crippen LogP contribution in [0.5, 0.6) is 0 Å². The van der Waals surface area contributed by atoms with Crippen LogP contribution < -0.4 is 0 Å². The lowest BCUT2D eigenvalue weighted by Crippen LogP contribution is -1.85. The Morgan fingerprint density at radius 3 is 2.24 bits per heavy atom. The molecule has 1 aromatic carbocycles. The van der Waals surface area contributed by atoms with Crippen LogP contribution in [-0.2, 0) is 0 Å². The zero-order chi connectivity index (χ0) is 15.3. The van der Waals surface area contributed by atoms with Gasteiger partial charge in [0.15, 0.2) is 0 Å². The van der Waals surface area contributed by atoms with Crippen LogP contribution in [0.1, 0.15) is 57.4 Å². The maximum atomic E-state index is 5.35. The highest BCUT2D eigenvalue weighted by molar-refractivity contribution is 5.65. The van der Waals surface area contributed by atoms with E-state index in [4.69, 9.17) is 12.8 Å². The molecule has 1 rings (SSSR count). The van der Waals surface area contributed by atoms with Crippen molar-refractivity contribution in [2.45, 2.75) is 51.9 Å². The second kappa shape index (κ2) is 10.6. The van der Waals surface area contributed by atoms with Gasteiger partial charge in [-0.1, -0.05) is 30.3 Å². The summed E-state index contributed by atoms with van der Waals surface area (Å²) in [5.74, 6) is 5.40. The molecule has 21 heavy (non-hydrogen) atoms. The Balaban J connectivity index is 2.81. The molecule has 0 atom stereocenters. The average Bonchev–Trinajstić information content (AvgIpc) is 2.52. The molecule has 0 nitrogen and oxygen atoms in total. The van der Waals surface area contributed by atoms with Crippen molar-refractivity contribution in [1.82, 2.24) is 0 Å². The number of hydrogen-bond acceptors (Lipinski definition) is 0. The maximum absolute atomic E-state index is 5.35. The van der Waals surface area contributed by atoms with Gasteiger partial charge in [-0.25, -0.2) is 0 Å². The van der Waals surface area contributed by atoms with E-state index in [1.165, 1.54) is 16.7 Å². The molecule has 108 valence electrons. The summed E-state index contributed by atoms with van der Waals surface area (Å²) >= 11 is 0. The lowest BCUT2D eigenvalue weighted by molar-refractivity contribution is 0.751. The molecule has 0 aliphatic rings. The van der Waals surface area contributed by atoms with Crippen LogP contribution in [-0.4, -0.2) is 0 Å². The van der Waals surface area contributed by atoms with E-state index in [9.17, 15) is 0 Å². The highest BCUT2D eigenvalue weighted by Crippen LogP contribution is 2.21. The zero-order valence-corrected chi connectivity index (χ0v) is 13.0. The molecule has 0 N–H and O–H groups in total. The maximum Gasteiger partial charge on any atom is 0.00894 e. The van der Waals surface area contributed by atoms with E-state index >= 15 is 0 Å². The molecule has 0 fully saturated rings. The van der Waals surface area contributed by atoms with E-state index in [1.807, 2.05) is 6.07 Å². The SMILES string of the molecule is C#CCCCCC(C)=C=C(CCCC#C)c1ccccc1. The molecule has 1 aromatic rings. The number of hydrogen-bond donors (Lipinski definition) is 0. The summed E-state index contributed by atoms with van der Waals surface area (Å²) in [5.41, 5.74) is 7.39. The fourth-order valence-corrected chi connectivity index (χ4v) is 2.22. The standard InChI is InChI=1S/C21H24/c1-4-6-8-11-14-19(3)18-21(17-10-7-5-2)20-15-12-9-13-16-20/h1-2,9,12-13,15-16H,6-8,10-11,14,17H2,3H3. The van der Waals surface area contributed by atoms with Gasteiger partial charge in [0.05, 0.1) is 0 Å². The number of unbranched alkanes of at least 4 members (excludes halogenated alkanes) is 3. The highest BCUT2D eigenvalue weighted by atomic mass is 14.0. The van der Waals surface area contributed by atoms with Gasteiger partial charge in [-0.3, -0.25) is 0 Å². The molecule has 0 aliphatic heterocycles. The van der Waals surface area contributed by atoms with Crippen LogP contribution in [0.3, 0.4) is 0 Å². The van der Waals surface area contributed by atoms with Crippen molar-refractivity contribution in [3.05, 3.63) is 47.2 Å². The summed E-state index contributed by atoms with van der Waals surface area (Å²) in [6.07, 6.45) is 17.6. The van der Waals surface area contributed by atoms with Gasteiger partial charge in [0, 0.05) is 18.4 Å². The summed E-state index contributed by atoms with van der Waals surface area (Å²) in [6.45, 7) is 2.15. The normalized spacial score (nSPS) is 9.29. The highest BCUT2D eigenvalue weighted by Gasteiger charge is 2.01. The Morgan fingerprint density at radius 1 is 0.905 bits per heavy atom. The molecule has 0 unspecified atom stereocenters. The van der Waals surface area contributed by atoms with Gasteiger partial charge < -0.3 is 0 Å². The number of rotatable bonds is 8. The molecule has 0 saturated carbocycles. The van der Waals surface area contributed by atoms with Gasteiger partial charge in [0.1, 0.15) is 0 Å². The predicted octanol–water partition coefficient (Wildman–Crippen LogP) is 5.61. The van der Waals surface area contributed by atoms with Gasteiger partial charge in [-0.05, 0) is 50.2 Å². The first-order chi connectivity index (χ1) is 10.3. The Labute approximate surface area is 130 Å². The second-order valence-corrected chi connectivity index (χ2v) is 5.22. The summed E-state index contributed by atoms with van der Waals surface area (Å²) in [4.78, 5) is 0. The molecule has 0 aliphatic carbocycles. The third kappa shape index (κ3) is 7.27. The van der Waals surface area contributed by atoms with Crippen molar-refractivity contribution in [1.29, 1.82) is 0 Å². The molecule has 0 bridgehead atoms. The summed E-state index contributed by atoms with van der Waals surface area (Å²) in [6, 6.07) is 10.5. The van der Waals surface area contributed by atoms with Gasteiger partial charge >= 0.3 is 0 Å². The topological polar surface area (TPSA) is 0 Å². The molecule has 0 aromatic heterocycles. The Hall–Kier alpha value is -2.14. The third-order valence-corrected chi connectivity index (χ3v) is 3.36.